The van der Waals surface area contributed by atoms with Gasteiger partial charge in [-0.25, -0.2) is 0 Å². The van der Waals surface area contributed by atoms with Crippen molar-refractivity contribution in [3.8, 4) is 0 Å². The minimum Gasteiger partial charge on any atom is -0.282 e. The molecule has 3 nitrogen and oxygen atoms in total. The smallest absolute Gasteiger partial charge is 0.282 e. The average molecular weight is 366 g/mol. The molecule has 0 saturated carbocycles. The van der Waals surface area contributed by atoms with Gasteiger partial charge in [0.1, 0.15) is 0 Å². The molecule has 5 heteroatoms. The molecule has 0 atom stereocenters. The Balaban J connectivity index is 0.00000484. The maximum Gasteiger partial charge on any atom is 0.294 e. The van der Waals surface area contributed by atoms with E-state index >= 15 is 0 Å². The monoisotopic (exact) mass is 365 g/mol. The number of hydrogen-bond acceptors (Lipinski definition) is 2. The normalized spacial score (nSPS) is 11.2. The van der Waals surface area contributed by atoms with Gasteiger partial charge in [0.25, 0.3) is 10.1 Å². The topological polar surface area (TPSA) is 54.4 Å². The Morgan fingerprint density at radius 3 is 1.83 bits per heavy atom. The number of hydrogen-bond donors (Lipinski definition) is 1. The summed E-state index contributed by atoms with van der Waals surface area (Å²) < 4.78 is 31.8. The van der Waals surface area contributed by atoms with Crippen molar-refractivity contribution in [2.24, 2.45) is 0 Å². The van der Waals surface area contributed by atoms with Crippen LogP contribution in [0.2, 0.25) is 0 Å². The molecule has 0 saturated heterocycles. The largest absolute Gasteiger partial charge is 0.294 e. The SMILES string of the molecule is CCCCCCCCCCCCc1ccccc1S(=O)(=O)O.[K]. The van der Waals surface area contributed by atoms with Crippen LogP contribution < -0.4 is 0 Å². The van der Waals surface area contributed by atoms with Crippen LogP contribution in [-0.2, 0) is 16.5 Å². The minimum absolute atomic E-state index is 0. The minimum atomic E-state index is -4.10. The van der Waals surface area contributed by atoms with E-state index in [9.17, 15) is 13.0 Å². The number of benzene rings is 1. The Bertz CT molecular complexity index is 515. The van der Waals surface area contributed by atoms with Gasteiger partial charge in [-0.3, -0.25) is 4.55 Å². The summed E-state index contributed by atoms with van der Waals surface area (Å²) in [6.07, 6.45) is 13.3. The Labute approximate surface area is 184 Å². The molecule has 23 heavy (non-hydrogen) atoms. The molecule has 0 aliphatic rings. The van der Waals surface area contributed by atoms with Crippen LogP contribution in [0.25, 0.3) is 0 Å². The standard InChI is InChI=1S/C18H30O3S.K/c1-2-3-4-5-6-7-8-9-10-11-14-17-15-12-13-16-18(17)22(19,20)21;/h12-13,15-16H,2-11,14H2,1H3,(H,19,20,21);. The summed E-state index contributed by atoms with van der Waals surface area (Å²) in [6.45, 7) is 2.24. The summed E-state index contributed by atoms with van der Waals surface area (Å²) in [7, 11) is -4.10. The molecule has 0 heterocycles. The second-order valence-electron chi connectivity index (χ2n) is 6.01. The second-order valence-corrected chi connectivity index (χ2v) is 7.40. The van der Waals surface area contributed by atoms with Gasteiger partial charge in [-0.15, -0.1) is 0 Å². The molecule has 0 aliphatic carbocycles. The average Bonchev–Trinajstić information content (AvgIpc) is 2.48. The molecule has 1 rings (SSSR count). The Kier molecular flexibility index (Phi) is 14.5. The molecule has 0 aromatic heterocycles. The molecule has 0 spiro atoms. The van der Waals surface area contributed by atoms with Crippen LogP contribution in [0.5, 0.6) is 0 Å². The van der Waals surface area contributed by atoms with Crippen molar-refractivity contribution < 1.29 is 13.0 Å². The van der Waals surface area contributed by atoms with Crippen LogP contribution in [-0.4, -0.2) is 64.4 Å². The van der Waals surface area contributed by atoms with Crippen LogP contribution in [0.1, 0.15) is 76.7 Å². The van der Waals surface area contributed by atoms with Gasteiger partial charge in [0.05, 0.1) is 4.90 Å². The van der Waals surface area contributed by atoms with Gasteiger partial charge < -0.3 is 0 Å². The molecular weight excluding hydrogens is 335 g/mol. The summed E-state index contributed by atoms with van der Waals surface area (Å²) in [6, 6.07) is 6.73. The van der Waals surface area contributed by atoms with Crippen molar-refractivity contribution in [3.05, 3.63) is 29.8 Å². The molecular formula is C18H30KO3S. The van der Waals surface area contributed by atoms with Gasteiger partial charge in [-0.05, 0) is 24.5 Å². The molecule has 1 aromatic rings. The van der Waals surface area contributed by atoms with Crippen molar-refractivity contribution in [2.75, 3.05) is 0 Å². The quantitative estimate of drug-likeness (QED) is 0.321. The van der Waals surface area contributed by atoms with Crippen molar-refractivity contribution in [2.45, 2.75) is 82.4 Å². The van der Waals surface area contributed by atoms with Crippen molar-refractivity contribution in [1.29, 1.82) is 0 Å². The Hall–Kier alpha value is 0.766. The van der Waals surface area contributed by atoms with E-state index in [0.717, 1.165) is 18.4 Å². The fourth-order valence-electron chi connectivity index (χ4n) is 2.76. The number of aryl methyl sites for hydroxylation is 1. The van der Waals surface area contributed by atoms with E-state index in [-0.39, 0.29) is 56.3 Å². The predicted molar refractivity (Wildman–Crippen MR) is 97.6 cm³/mol. The summed E-state index contributed by atoms with van der Waals surface area (Å²) in [5.74, 6) is 0. The van der Waals surface area contributed by atoms with E-state index in [1.165, 1.54) is 57.4 Å². The Morgan fingerprint density at radius 1 is 0.826 bits per heavy atom. The van der Waals surface area contributed by atoms with Crippen molar-refractivity contribution in [3.63, 3.8) is 0 Å². The summed E-state index contributed by atoms with van der Waals surface area (Å²) >= 11 is 0. The van der Waals surface area contributed by atoms with Gasteiger partial charge in [-0.1, -0.05) is 82.9 Å². The van der Waals surface area contributed by atoms with E-state index in [1.807, 2.05) is 6.07 Å². The van der Waals surface area contributed by atoms with Gasteiger partial charge in [-0.2, -0.15) is 8.42 Å². The number of unbranched alkanes of at least 4 members (excludes halogenated alkanes) is 9. The summed E-state index contributed by atoms with van der Waals surface area (Å²) in [4.78, 5) is 0.0610. The first kappa shape index (κ1) is 23.8. The number of rotatable bonds is 12. The predicted octanol–water partition coefficient (Wildman–Crippen LogP) is 5.02. The van der Waals surface area contributed by atoms with Gasteiger partial charge in [0, 0.05) is 51.4 Å². The third-order valence-electron chi connectivity index (χ3n) is 4.05. The first-order valence-corrected chi connectivity index (χ1v) is 10.0. The van der Waals surface area contributed by atoms with E-state index in [1.54, 1.807) is 12.1 Å². The molecule has 1 aromatic carbocycles. The zero-order valence-corrected chi connectivity index (χ0v) is 18.7. The first-order chi connectivity index (χ1) is 10.6. The fourth-order valence-corrected chi connectivity index (χ4v) is 3.52. The molecule has 1 N–H and O–H groups in total. The molecule has 127 valence electrons. The third kappa shape index (κ3) is 11.1. The van der Waals surface area contributed by atoms with Gasteiger partial charge in [0.15, 0.2) is 0 Å². The van der Waals surface area contributed by atoms with Crippen molar-refractivity contribution >= 4 is 61.5 Å². The van der Waals surface area contributed by atoms with Gasteiger partial charge in [0.2, 0.25) is 0 Å². The zero-order valence-electron chi connectivity index (χ0n) is 14.8. The van der Waals surface area contributed by atoms with Crippen LogP contribution in [0, 0.1) is 0 Å². The van der Waals surface area contributed by atoms with Crippen LogP contribution in [0.4, 0.5) is 0 Å². The van der Waals surface area contributed by atoms with E-state index in [0.29, 0.717) is 6.42 Å². The van der Waals surface area contributed by atoms with Crippen molar-refractivity contribution in [1.82, 2.24) is 0 Å². The molecule has 0 unspecified atom stereocenters. The van der Waals surface area contributed by atoms with Crippen LogP contribution in [0.15, 0.2) is 29.2 Å². The van der Waals surface area contributed by atoms with Crippen LogP contribution >= 0.6 is 0 Å². The zero-order chi connectivity index (χ0) is 16.3. The van der Waals surface area contributed by atoms with Gasteiger partial charge >= 0.3 is 0 Å². The molecule has 1 radical (unpaired) electrons. The third-order valence-corrected chi connectivity index (χ3v) is 5.00. The maximum atomic E-state index is 11.3. The maximum absolute atomic E-state index is 11.3. The first-order valence-electron chi connectivity index (χ1n) is 8.61. The summed E-state index contributed by atoms with van der Waals surface area (Å²) in [5, 5.41) is 0. The molecule has 0 fully saturated rings. The Morgan fingerprint density at radius 2 is 1.30 bits per heavy atom. The second kappa shape index (κ2) is 14.0. The molecule has 0 aliphatic heterocycles. The fraction of sp³-hybridized carbons (Fsp3) is 0.667. The van der Waals surface area contributed by atoms with Crippen LogP contribution in [0.3, 0.4) is 0 Å². The van der Waals surface area contributed by atoms with E-state index in [4.69, 9.17) is 0 Å². The molecule has 0 amide bonds. The molecule has 0 bridgehead atoms. The van der Waals surface area contributed by atoms with E-state index in [2.05, 4.69) is 6.92 Å². The van der Waals surface area contributed by atoms with E-state index < -0.39 is 10.1 Å². The summed E-state index contributed by atoms with van der Waals surface area (Å²) in [5.41, 5.74) is 0.726.